The van der Waals surface area contributed by atoms with Gasteiger partial charge in [-0.2, -0.15) is 5.10 Å². The number of benzene rings is 1. The third-order valence-electron chi connectivity index (χ3n) is 5.54. The van der Waals surface area contributed by atoms with E-state index < -0.39 is 0 Å². The topological polar surface area (TPSA) is 29.9 Å². The maximum Gasteiger partial charge on any atom is 0.0734 e. The molecule has 1 aliphatic carbocycles. The van der Waals surface area contributed by atoms with E-state index in [1.807, 2.05) is 7.05 Å². The Morgan fingerprint density at radius 3 is 2.54 bits per heavy atom. The summed E-state index contributed by atoms with van der Waals surface area (Å²) in [5, 5.41) is 9.95. The van der Waals surface area contributed by atoms with Crippen LogP contribution < -0.4 is 5.32 Å². The molecule has 3 rings (SSSR count). The van der Waals surface area contributed by atoms with Crippen molar-refractivity contribution in [3.8, 4) is 0 Å². The van der Waals surface area contributed by atoms with Gasteiger partial charge in [-0.25, -0.2) is 0 Å². The van der Waals surface area contributed by atoms with Crippen molar-refractivity contribution in [2.45, 2.75) is 76.7 Å². The van der Waals surface area contributed by atoms with Gasteiger partial charge in [0.05, 0.1) is 17.3 Å². The zero-order chi connectivity index (χ0) is 16.8. The average molecular weight is 328 g/mol. The van der Waals surface area contributed by atoms with Crippen molar-refractivity contribution >= 4 is 10.9 Å². The Bertz CT molecular complexity index is 617. The Morgan fingerprint density at radius 1 is 1.12 bits per heavy atom. The van der Waals surface area contributed by atoms with Crippen molar-refractivity contribution in [3.05, 3.63) is 30.0 Å². The number of nitrogens with one attached hydrogen (secondary N) is 1. The summed E-state index contributed by atoms with van der Waals surface area (Å²) in [5.74, 6) is 0.647. The quantitative estimate of drug-likeness (QED) is 0.767. The van der Waals surface area contributed by atoms with Crippen molar-refractivity contribution in [1.29, 1.82) is 0 Å². The first-order valence-electron chi connectivity index (χ1n) is 9.97. The molecule has 1 fully saturated rings. The van der Waals surface area contributed by atoms with Gasteiger partial charge < -0.3 is 5.32 Å². The fraction of sp³-hybridized carbons (Fsp3) is 0.667. The normalized spacial score (nSPS) is 18.4. The monoisotopic (exact) mass is 327 g/mol. The second-order valence-corrected chi connectivity index (χ2v) is 7.39. The second-order valence-electron chi connectivity index (χ2n) is 7.39. The van der Waals surface area contributed by atoms with Gasteiger partial charge in [-0.3, -0.25) is 4.68 Å². The van der Waals surface area contributed by atoms with Crippen molar-refractivity contribution in [3.63, 3.8) is 0 Å². The van der Waals surface area contributed by atoms with Gasteiger partial charge >= 0.3 is 0 Å². The van der Waals surface area contributed by atoms with E-state index in [0.29, 0.717) is 12.0 Å². The van der Waals surface area contributed by atoms with Gasteiger partial charge in [0.15, 0.2) is 0 Å². The molecule has 1 atom stereocenters. The Labute approximate surface area is 146 Å². The summed E-state index contributed by atoms with van der Waals surface area (Å²) in [5.41, 5.74) is 2.69. The van der Waals surface area contributed by atoms with E-state index in [9.17, 15) is 0 Å². The van der Waals surface area contributed by atoms with Gasteiger partial charge in [-0.1, -0.05) is 63.6 Å². The summed E-state index contributed by atoms with van der Waals surface area (Å²) in [6.07, 6.45) is 11.9. The van der Waals surface area contributed by atoms with E-state index in [0.717, 1.165) is 6.54 Å². The van der Waals surface area contributed by atoms with Crippen LogP contribution in [0.3, 0.4) is 0 Å². The number of para-hydroxylation sites is 1. The molecule has 0 amide bonds. The van der Waals surface area contributed by atoms with Crippen LogP contribution in [-0.4, -0.2) is 23.4 Å². The molecule has 1 aromatic heterocycles. The minimum Gasteiger partial charge on any atom is -0.318 e. The third kappa shape index (κ3) is 3.83. The summed E-state index contributed by atoms with van der Waals surface area (Å²) in [6.45, 7) is 3.26. The molecule has 0 radical (unpaired) electrons. The van der Waals surface area contributed by atoms with Crippen molar-refractivity contribution in [2.75, 3.05) is 13.6 Å². The Kier molecular flexibility index (Phi) is 6.30. The Morgan fingerprint density at radius 2 is 1.83 bits per heavy atom. The number of rotatable bonds is 6. The predicted octanol–water partition coefficient (Wildman–Crippen LogP) is 5.42. The predicted molar refractivity (Wildman–Crippen MR) is 103 cm³/mol. The summed E-state index contributed by atoms with van der Waals surface area (Å²) in [6, 6.07) is 9.33. The van der Waals surface area contributed by atoms with Crippen molar-refractivity contribution in [1.82, 2.24) is 15.1 Å². The largest absolute Gasteiger partial charge is 0.318 e. The molecular formula is C21H33N3. The first-order chi connectivity index (χ1) is 11.8. The fourth-order valence-electron chi connectivity index (χ4n) is 4.30. The SMILES string of the molecule is CCCC(CNC)n1nc(C2CCCCCCC2)c2ccccc21. The fourth-order valence-corrected chi connectivity index (χ4v) is 4.30. The van der Waals surface area contributed by atoms with Gasteiger partial charge in [-0.05, 0) is 32.4 Å². The summed E-state index contributed by atoms with van der Waals surface area (Å²) in [7, 11) is 2.05. The molecule has 1 saturated carbocycles. The van der Waals surface area contributed by atoms with Crippen LogP contribution in [0.1, 0.15) is 82.4 Å². The van der Waals surface area contributed by atoms with E-state index in [1.165, 1.54) is 74.4 Å². The summed E-state index contributed by atoms with van der Waals surface area (Å²) < 4.78 is 2.32. The van der Waals surface area contributed by atoms with E-state index in [1.54, 1.807) is 0 Å². The van der Waals surface area contributed by atoms with Gasteiger partial charge in [0.1, 0.15) is 0 Å². The summed E-state index contributed by atoms with van der Waals surface area (Å²) in [4.78, 5) is 0. The highest BCUT2D eigenvalue weighted by Gasteiger charge is 2.23. The second kappa shape index (κ2) is 8.66. The molecule has 0 spiro atoms. The van der Waals surface area contributed by atoms with Gasteiger partial charge in [-0.15, -0.1) is 0 Å². The van der Waals surface area contributed by atoms with Crippen LogP contribution in [0.25, 0.3) is 10.9 Å². The Hall–Kier alpha value is -1.35. The minimum atomic E-state index is 0.451. The molecule has 1 unspecified atom stereocenters. The molecule has 1 aromatic carbocycles. The zero-order valence-corrected chi connectivity index (χ0v) is 15.4. The lowest BCUT2D eigenvalue weighted by molar-refractivity contribution is 0.403. The van der Waals surface area contributed by atoms with E-state index in [2.05, 4.69) is 41.2 Å². The van der Waals surface area contributed by atoms with Crippen molar-refractivity contribution in [2.24, 2.45) is 0 Å². The van der Waals surface area contributed by atoms with E-state index >= 15 is 0 Å². The number of nitrogens with zero attached hydrogens (tertiary/aromatic N) is 2. The van der Waals surface area contributed by atoms with E-state index in [4.69, 9.17) is 5.10 Å². The third-order valence-corrected chi connectivity index (χ3v) is 5.54. The van der Waals surface area contributed by atoms with Crippen LogP contribution in [-0.2, 0) is 0 Å². The molecule has 24 heavy (non-hydrogen) atoms. The number of fused-ring (bicyclic) bond motifs is 1. The molecule has 0 bridgehead atoms. The lowest BCUT2D eigenvalue weighted by Crippen LogP contribution is -2.23. The van der Waals surface area contributed by atoms with Crippen LogP contribution in [0.2, 0.25) is 0 Å². The van der Waals surface area contributed by atoms with Gasteiger partial charge in [0.25, 0.3) is 0 Å². The van der Waals surface area contributed by atoms with Crippen LogP contribution in [0.5, 0.6) is 0 Å². The molecule has 0 aliphatic heterocycles. The van der Waals surface area contributed by atoms with Crippen LogP contribution in [0.15, 0.2) is 24.3 Å². The maximum absolute atomic E-state index is 5.20. The zero-order valence-electron chi connectivity index (χ0n) is 15.4. The highest BCUT2D eigenvalue weighted by atomic mass is 15.3. The first-order valence-corrected chi connectivity index (χ1v) is 9.97. The average Bonchev–Trinajstić information content (AvgIpc) is 2.94. The van der Waals surface area contributed by atoms with Crippen LogP contribution >= 0.6 is 0 Å². The van der Waals surface area contributed by atoms with Crippen LogP contribution in [0.4, 0.5) is 0 Å². The number of likely N-dealkylation sites (N-methyl/N-ethyl adjacent to an activating group) is 1. The molecule has 1 aliphatic rings. The van der Waals surface area contributed by atoms with E-state index in [-0.39, 0.29) is 0 Å². The van der Waals surface area contributed by atoms with Crippen LogP contribution in [0, 0.1) is 0 Å². The standard InChI is InChI=1S/C21H33N3/c1-3-11-18(16-22-2)24-20-15-10-9-14-19(20)21(23-24)17-12-7-5-4-6-8-13-17/h9-10,14-15,17-18,22H,3-8,11-13,16H2,1-2H3. The lowest BCUT2D eigenvalue weighted by Gasteiger charge is -2.19. The molecule has 1 heterocycles. The molecule has 3 heteroatoms. The number of hydrogen-bond acceptors (Lipinski definition) is 2. The Balaban J connectivity index is 1.98. The van der Waals surface area contributed by atoms with Gasteiger partial charge in [0, 0.05) is 17.8 Å². The minimum absolute atomic E-state index is 0.451. The smallest absolute Gasteiger partial charge is 0.0734 e. The molecule has 132 valence electrons. The summed E-state index contributed by atoms with van der Waals surface area (Å²) >= 11 is 0. The number of aromatic nitrogens is 2. The first kappa shape index (κ1) is 17.5. The molecule has 1 N–H and O–H groups in total. The molecule has 2 aromatic rings. The number of hydrogen-bond donors (Lipinski definition) is 1. The molecular weight excluding hydrogens is 294 g/mol. The molecule has 3 nitrogen and oxygen atoms in total. The highest BCUT2D eigenvalue weighted by Crippen LogP contribution is 2.35. The van der Waals surface area contributed by atoms with Crippen molar-refractivity contribution < 1.29 is 0 Å². The molecule has 0 saturated heterocycles. The lowest BCUT2D eigenvalue weighted by atomic mass is 9.88. The highest BCUT2D eigenvalue weighted by molar-refractivity contribution is 5.82. The van der Waals surface area contributed by atoms with Gasteiger partial charge in [0.2, 0.25) is 0 Å². The maximum atomic E-state index is 5.20.